The number of rotatable bonds is 24. The van der Waals surface area contributed by atoms with Gasteiger partial charge in [-0.2, -0.15) is 5.26 Å². The van der Waals surface area contributed by atoms with E-state index in [1.54, 1.807) is 0 Å². The molecule has 0 radical (unpaired) electrons. The third-order valence-electron chi connectivity index (χ3n) is 11.3. The molecule has 3 aromatic carbocycles. The van der Waals surface area contributed by atoms with Gasteiger partial charge in [-0.3, -0.25) is 0 Å². The molecule has 5 rings (SSSR count). The number of fused-ring (bicyclic) bond motifs is 1. The summed E-state index contributed by atoms with van der Waals surface area (Å²) < 4.78 is 34.5. The minimum Gasteiger partial charge on any atom is -0.449 e. The molecule has 3 aromatic rings. The lowest BCUT2D eigenvalue weighted by Crippen LogP contribution is -2.36. The first-order chi connectivity index (χ1) is 28.6. The summed E-state index contributed by atoms with van der Waals surface area (Å²) in [5.74, 6) is 8.24. The number of ether oxygens (including phenoxy) is 3. The molecule has 2 aliphatic carbocycles. The van der Waals surface area contributed by atoms with Gasteiger partial charge in [0.05, 0.1) is 38.4 Å². The molecule has 1 N–H and O–H groups in total. The zero-order valence-electron chi connectivity index (χ0n) is 36.2. The van der Waals surface area contributed by atoms with E-state index in [2.05, 4.69) is 142 Å². The first-order valence-electron chi connectivity index (χ1n) is 21.7. The van der Waals surface area contributed by atoms with Crippen LogP contribution >= 0.6 is 8.53 Å². The van der Waals surface area contributed by atoms with Gasteiger partial charge in [-0.1, -0.05) is 90.0 Å². The number of nitrogens with zero attached hydrogens (tertiary/aromatic N) is 2. The van der Waals surface area contributed by atoms with Crippen LogP contribution in [0, 0.1) is 54.8 Å². The van der Waals surface area contributed by atoms with Crippen LogP contribution in [0.15, 0.2) is 78.9 Å². The fourth-order valence-electron chi connectivity index (χ4n) is 8.20. The fourth-order valence-corrected chi connectivity index (χ4v) is 9.97. The van der Waals surface area contributed by atoms with Gasteiger partial charge >= 0.3 is 6.09 Å². The van der Waals surface area contributed by atoms with E-state index in [0.717, 1.165) is 42.4 Å². The highest BCUT2D eigenvalue weighted by atomic mass is 31.2. The molecule has 1 amide bonds. The van der Waals surface area contributed by atoms with Gasteiger partial charge in [0.2, 0.25) is 0 Å². The lowest BCUT2D eigenvalue weighted by atomic mass is 9.79. The number of aryl methyl sites for hydroxylation is 2. The van der Waals surface area contributed by atoms with Crippen molar-refractivity contribution >= 4 is 14.6 Å². The maximum atomic E-state index is 12.5. The van der Waals surface area contributed by atoms with E-state index in [9.17, 15) is 10.1 Å². The Morgan fingerprint density at radius 3 is 1.98 bits per heavy atom. The molecule has 5 atom stereocenters. The second-order valence-corrected chi connectivity index (χ2v) is 17.8. The summed E-state index contributed by atoms with van der Waals surface area (Å²) in [7, 11) is -1.48. The maximum absolute atomic E-state index is 12.5. The third kappa shape index (κ3) is 13.6. The van der Waals surface area contributed by atoms with Gasteiger partial charge in [-0.25, -0.2) is 9.46 Å². The summed E-state index contributed by atoms with van der Waals surface area (Å²) in [5.41, 5.74) is 4.65. The number of hydrogen-bond donors (Lipinski definition) is 1. The van der Waals surface area contributed by atoms with E-state index in [-0.39, 0.29) is 30.7 Å². The topological polar surface area (TPSA) is 102 Å². The fraction of sp³-hybridized carbons (Fsp3) is 0.551. The second-order valence-electron chi connectivity index (χ2n) is 16.4. The Hall–Kier alpha value is -3.79. The van der Waals surface area contributed by atoms with Gasteiger partial charge in [0, 0.05) is 44.7 Å². The smallest absolute Gasteiger partial charge is 0.407 e. The number of amides is 1. The summed E-state index contributed by atoms with van der Waals surface area (Å²) >= 11 is 0. The predicted octanol–water partition coefficient (Wildman–Crippen LogP) is 10.6. The number of nitriles is 1. The van der Waals surface area contributed by atoms with Crippen molar-refractivity contribution in [2.75, 3.05) is 39.6 Å². The number of alkyl carbamates (subject to hydrolysis) is 1. The monoisotopic (exact) mass is 823 g/mol. The Morgan fingerprint density at radius 1 is 0.831 bits per heavy atom. The second kappa shape index (κ2) is 23.9. The highest BCUT2D eigenvalue weighted by molar-refractivity contribution is 7.44. The standard InChI is InChI=1S/C49H66N3O6P/c1-37(2)52(38(3)4)59(57-33-14-30-50)58-44(28-34-54-32-15-31-51-48(53)55-36-47-45-18-12-7-8-13-19-46(45)47)29-35-56-49(41-16-10-9-11-17-41,42-24-20-39(5)21-25-42)43-26-22-40(6)23-27-43/h9-11,16-17,20-27,37-38,44-47H,12-15,18-19,28-29,31-36H2,1-6H3,(H,51,53)/t44?,45-,46+,47?,59?. The Labute approximate surface area is 355 Å². The van der Waals surface area contributed by atoms with Crippen molar-refractivity contribution in [2.45, 2.75) is 117 Å². The van der Waals surface area contributed by atoms with Gasteiger partial charge < -0.3 is 28.6 Å². The minimum absolute atomic E-state index is 0.168. The minimum atomic E-state index is -1.48. The molecule has 0 bridgehead atoms. The zero-order chi connectivity index (χ0) is 42.0. The Kier molecular flexibility index (Phi) is 18.7. The number of benzene rings is 3. The van der Waals surface area contributed by atoms with E-state index < -0.39 is 14.1 Å². The molecule has 59 heavy (non-hydrogen) atoms. The van der Waals surface area contributed by atoms with Gasteiger partial charge in [-0.05, 0) is 108 Å². The summed E-state index contributed by atoms with van der Waals surface area (Å²) in [6.07, 6.45) is 5.67. The average Bonchev–Trinajstić information content (AvgIpc) is 3.87. The van der Waals surface area contributed by atoms with Crippen LogP contribution in [0.3, 0.4) is 0 Å². The summed E-state index contributed by atoms with van der Waals surface area (Å²) in [6.45, 7) is 15.4. The van der Waals surface area contributed by atoms with Crippen molar-refractivity contribution in [3.63, 3.8) is 0 Å². The van der Waals surface area contributed by atoms with Crippen molar-refractivity contribution < 1.29 is 28.1 Å². The molecule has 318 valence electrons. The van der Waals surface area contributed by atoms with Crippen LogP contribution in [-0.2, 0) is 28.9 Å². The van der Waals surface area contributed by atoms with Crippen LogP contribution in [0.4, 0.5) is 4.79 Å². The average molecular weight is 824 g/mol. The summed E-state index contributed by atoms with van der Waals surface area (Å²) in [6, 6.07) is 30.2. The Morgan fingerprint density at radius 2 is 1.41 bits per heavy atom. The van der Waals surface area contributed by atoms with Crippen molar-refractivity contribution in [2.24, 2.45) is 17.8 Å². The maximum Gasteiger partial charge on any atom is 0.407 e. The molecule has 2 aliphatic rings. The van der Waals surface area contributed by atoms with Crippen LogP contribution in [0.25, 0.3) is 0 Å². The quantitative estimate of drug-likeness (QED) is 0.0412. The summed E-state index contributed by atoms with van der Waals surface area (Å²) in [4.78, 5) is 12.5. The predicted molar refractivity (Wildman–Crippen MR) is 235 cm³/mol. The van der Waals surface area contributed by atoms with Crippen LogP contribution in [0.1, 0.15) is 107 Å². The van der Waals surface area contributed by atoms with Crippen LogP contribution in [0.2, 0.25) is 0 Å². The molecule has 3 unspecified atom stereocenters. The van der Waals surface area contributed by atoms with Crippen molar-refractivity contribution in [1.82, 2.24) is 9.99 Å². The van der Waals surface area contributed by atoms with E-state index in [1.165, 1.54) is 11.1 Å². The Balaban J connectivity index is 1.23. The molecule has 1 fully saturated rings. The first-order valence-corrected chi connectivity index (χ1v) is 22.8. The van der Waals surface area contributed by atoms with Gasteiger partial charge in [-0.15, -0.1) is 11.8 Å². The van der Waals surface area contributed by atoms with E-state index in [1.807, 2.05) is 6.07 Å². The van der Waals surface area contributed by atoms with Crippen LogP contribution in [0.5, 0.6) is 0 Å². The molecule has 9 nitrogen and oxygen atoms in total. The number of carbonyl (C=O) groups is 1. The highest BCUT2D eigenvalue weighted by Gasteiger charge is 2.49. The number of hydrogen-bond acceptors (Lipinski definition) is 8. The largest absolute Gasteiger partial charge is 0.449 e. The SMILES string of the molecule is Cc1ccc(C(OCCC(CCOCCCNC(=O)OCC2[C@H]3CCC#CCC[C@@H]23)OP(OCCC#N)N(C(C)C)C(C)C)(c2ccccc2)c2ccc(C)cc2)cc1. The van der Waals surface area contributed by atoms with Crippen molar-refractivity contribution in [3.05, 3.63) is 107 Å². The van der Waals surface area contributed by atoms with Crippen LogP contribution < -0.4 is 5.32 Å². The molecule has 10 heteroatoms. The number of carbonyl (C=O) groups excluding carboxylic acids is 1. The summed E-state index contributed by atoms with van der Waals surface area (Å²) in [5, 5.41) is 12.2. The van der Waals surface area contributed by atoms with E-state index in [0.29, 0.717) is 76.6 Å². The van der Waals surface area contributed by atoms with Gasteiger partial charge in [0.1, 0.15) is 5.60 Å². The van der Waals surface area contributed by atoms with Crippen molar-refractivity contribution in [1.29, 1.82) is 5.26 Å². The molecule has 1 saturated carbocycles. The lowest BCUT2D eigenvalue weighted by molar-refractivity contribution is -0.00902. The normalized spacial score (nSPS) is 18.5. The molecule has 0 spiro atoms. The molecule has 0 aromatic heterocycles. The molecule has 0 saturated heterocycles. The first kappa shape index (κ1) is 46.3. The van der Waals surface area contributed by atoms with E-state index in [4.69, 9.17) is 23.3 Å². The van der Waals surface area contributed by atoms with Crippen LogP contribution in [-0.4, -0.2) is 68.5 Å². The third-order valence-corrected chi connectivity index (χ3v) is 13.5. The lowest BCUT2D eigenvalue weighted by Gasteiger charge is -2.38. The molecule has 0 heterocycles. The number of nitrogens with one attached hydrogen (secondary N) is 1. The molecule has 0 aliphatic heterocycles. The van der Waals surface area contributed by atoms with Crippen molar-refractivity contribution in [3.8, 4) is 17.9 Å². The van der Waals surface area contributed by atoms with E-state index >= 15 is 0 Å². The molecular formula is C49H66N3O6P. The molecular weight excluding hydrogens is 758 g/mol. The zero-order valence-corrected chi connectivity index (χ0v) is 37.1. The van der Waals surface area contributed by atoms with Gasteiger partial charge in [0.25, 0.3) is 8.53 Å². The van der Waals surface area contributed by atoms with Gasteiger partial charge in [0.15, 0.2) is 0 Å². The highest BCUT2D eigenvalue weighted by Crippen LogP contribution is 2.52. The Bertz CT molecular complexity index is 1730.